The first-order valence-corrected chi connectivity index (χ1v) is 8.96. The van der Waals surface area contributed by atoms with Crippen LogP contribution >= 0.6 is 27.7 Å². The van der Waals surface area contributed by atoms with E-state index in [1.807, 2.05) is 23.4 Å². The molecule has 1 aromatic heterocycles. The van der Waals surface area contributed by atoms with Crippen molar-refractivity contribution in [2.24, 2.45) is 5.73 Å². The fraction of sp³-hybridized carbons (Fsp3) is 0.438. The highest BCUT2D eigenvalue weighted by molar-refractivity contribution is 9.10. The molecule has 0 saturated carbocycles. The number of rotatable bonds is 6. The lowest BCUT2D eigenvalue weighted by molar-refractivity contribution is 0.593. The van der Waals surface area contributed by atoms with E-state index >= 15 is 0 Å². The zero-order chi connectivity index (χ0) is 15.4. The second kappa shape index (κ2) is 7.47. The van der Waals surface area contributed by atoms with Crippen LogP contribution in [0, 0.1) is 13.8 Å². The largest absolute Gasteiger partial charge is 0.327 e. The molecule has 0 amide bonds. The number of nitrogens with two attached hydrogens (primary N) is 1. The van der Waals surface area contributed by atoms with E-state index in [-0.39, 0.29) is 6.04 Å². The monoisotopic (exact) mass is 367 g/mol. The first-order valence-electron chi connectivity index (χ1n) is 7.18. The van der Waals surface area contributed by atoms with Crippen molar-refractivity contribution in [1.29, 1.82) is 0 Å². The summed E-state index contributed by atoms with van der Waals surface area (Å²) in [7, 11) is 0. The van der Waals surface area contributed by atoms with E-state index in [2.05, 4.69) is 59.1 Å². The van der Waals surface area contributed by atoms with Crippen molar-refractivity contribution >= 4 is 27.7 Å². The summed E-state index contributed by atoms with van der Waals surface area (Å²) in [6.45, 7) is 7.10. The number of benzene rings is 1. The van der Waals surface area contributed by atoms with Crippen LogP contribution in [0.2, 0.25) is 0 Å². The molecule has 0 aliphatic carbocycles. The molecule has 2 aromatic rings. The summed E-state index contributed by atoms with van der Waals surface area (Å²) in [6.07, 6.45) is 0.841. The van der Waals surface area contributed by atoms with Gasteiger partial charge in [0, 0.05) is 29.7 Å². The highest BCUT2D eigenvalue weighted by Crippen LogP contribution is 2.24. The van der Waals surface area contributed by atoms with Gasteiger partial charge in [0.2, 0.25) is 0 Å². The fourth-order valence-electron chi connectivity index (χ4n) is 2.21. The van der Waals surface area contributed by atoms with Gasteiger partial charge in [-0.3, -0.25) is 4.68 Å². The minimum Gasteiger partial charge on any atom is -0.327 e. The second-order valence-electron chi connectivity index (χ2n) is 5.25. The Balaban J connectivity index is 1.95. The summed E-state index contributed by atoms with van der Waals surface area (Å²) in [5, 5.41) is 4.52. The lowest BCUT2D eigenvalue weighted by Crippen LogP contribution is -2.27. The highest BCUT2D eigenvalue weighted by atomic mass is 79.9. The Morgan fingerprint density at radius 3 is 2.57 bits per heavy atom. The van der Waals surface area contributed by atoms with Crippen molar-refractivity contribution in [3.63, 3.8) is 0 Å². The van der Waals surface area contributed by atoms with Gasteiger partial charge in [0.1, 0.15) is 0 Å². The average molecular weight is 368 g/mol. The molecule has 5 heteroatoms. The summed E-state index contributed by atoms with van der Waals surface area (Å²) >= 11 is 5.44. The molecule has 114 valence electrons. The Kier molecular flexibility index (Phi) is 5.90. The summed E-state index contributed by atoms with van der Waals surface area (Å²) in [6, 6.07) is 8.71. The maximum Gasteiger partial charge on any atom is 0.0738 e. The highest BCUT2D eigenvalue weighted by Gasteiger charge is 2.15. The molecule has 1 atom stereocenters. The molecule has 0 spiro atoms. The number of hydrogen-bond acceptors (Lipinski definition) is 3. The molecule has 2 N–H and O–H groups in total. The molecule has 1 unspecified atom stereocenters. The van der Waals surface area contributed by atoms with Gasteiger partial charge < -0.3 is 5.73 Å². The van der Waals surface area contributed by atoms with Gasteiger partial charge in [-0.25, -0.2) is 0 Å². The molecule has 0 aliphatic heterocycles. The van der Waals surface area contributed by atoms with Crippen LogP contribution in [0.25, 0.3) is 0 Å². The maximum atomic E-state index is 6.30. The summed E-state index contributed by atoms with van der Waals surface area (Å²) < 4.78 is 3.13. The maximum absolute atomic E-state index is 6.30. The molecule has 0 aliphatic rings. The number of aromatic nitrogens is 2. The van der Waals surface area contributed by atoms with Crippen LogP contribution in [-0.2, 0) is 13.0 Å². The van der Waals surface area contributed by atoms with E-state index in [1.165, 1.54) is 16.2 Å². The van der Waals surface area contributed by atoms with Crippen LogP contribution in [-0.4, -0.2) is 21.6 Å². The van der Waals surface area contributed by atoms with Gasteiger partial charge in [-0.1, -0.05) is 17.7 Å². The quantitative estimate of drug-likeness (QED) is 0.786. The zero-order valence-corrected chi connectivity index (χ0v) is 15.2. The minimum absolute atomic E-state index is 0.119. The van der Waals surface area contributed by atoms with Gasteiger partial charge >= 0.3 is 0 Å². The smallest absolute Gasteiger partial charge is 0.0738 e. The molecule has 21 heavy (non-hydrogen) atoms. The molecule has 0 bridgehead atoms. The third-order valence-corrected chi connectivity index (χ3v) is 5.63. The van der Waals surface area contributed by atoms with Gasteiger partial charge in [-0.15, -0.1) is 11.8 Å². The van der Waals surface area contributed by atoms with Crippen molar-refractivity contribution in [2.75, 3.05) is 5.75 Å². The Hall–Kier alpha value is -0.780. The lowest BCUT2D eigenvalue weighted by Gasteiger charge is -2.13. The van der Waals surface area contributed by atoms with Crippen molar-refractivity contribution in [1.82, 2.24) is 9.78 Å². The van der Waals surface area contributed by atoms with Gasteiger partial charge in [0.15, 0.2) is 0 Å². The molecular formula is C16H22BrN3S. The van der Waals surface area contributed by atoms with Crippen molar-refractivity contribution in [3.05, 3.63) is 45.7 Å². The van der Waals surface area contributed by atoms with E-state index in [9.17, 15) is 0 Å². The van der Waals surface area contributed by atoms with Crippen LogP contribution in [0.3, 0.4) is 0 Å². The van der Waals surface area contributed by atoms with Crippen LogP contribution in [0.15, 0.2) is 33.6 Å². The van der Waals surface area contributed by atoms with Crippen LogP contribution < -0.4 is 5.73 Å². The third kappa shape index (κ3) is 4.34. The van der Waals surface area contributed by atoms with E-state index in [1.54, 1.807) is 0 Å². The number of halogens is 1. The predicted octanol–water partition coefficient (Wildman–Crippen LogP) is 3.94. The van der Waals surface area contributed by atoms with Crippen molar-refractivity contribution in [2.45, 2.75) is 44.7 Å². The number of thioether (sulfide) groups is 1. The molecular weight excluding hydrogens is 346 g/mol. The van der Waals surface area contributed by atoms with Gasteiger partial charge in [0.25, 0.3) is 0 Å². The Morgan fingerprint density at radius 2 is 1.95 bits per heavy atom. The minimum atomic E-state index is 0.119. The zero-order valence-electron chi connectivity index (χ0n) is 12.8. The second-order valence-corrected chi connectivity index (χ2v) is 7.14. The standard InChI is InChI=1S/C16H22BrN3S/c1-4-20-15(16(17)12(3)19-20)9-13(18)10-21-14-7-5-11(2)6-8-14/h5-8,13H,4,9-10,18H2,1-3H3. The normalized spacial score (nSPS) is 12.6. The molecule has 1 aromatic carbocycles. The molecule has 1 heterocycles. The third-order valence-electron chi connectivity index (χ3n) is 3.39. The van der Waals surface area contributed by atoms with Gasteiger partial charge in [0.05, 0.1) is 15.9 Å². The van der Waals surface area contributed by atoms with Crippen LogP contribution in [0.4, 0.5) is 0 Å². The van der Waals surface area contributed by atoms with Crippen molar-refractivity contribution < 1.29 is 0 Å². The van der Waals surface area contributed by atoms with E-state index in [0.29, 0.717) is 0 Å². The van der Waals surface area contributed by atoms with Crippen LogP contribution in [0.5, 0.6) is 0 Å². The lowest BCUT2D eigenvalue weighted by atomic mass is 10.2. The molecule has 2 rings (SSSR count). The molecule has 3 nitrogen and oxygen atoms in total. The van der Waals surface area contributed by atoms with Crippen molar-refractivity contribution in [3.8, 4) is 0 Å². The molecule has 0 saturated heterocycles. The Morgan fingerprint density at radius 1 is 1.29 bits per heavy atom. The molecule has 0 radical (unpaired) electrons. The summed E-state index contributed by atoms with van der Waals surface area (Å²) in [4.78, 5) is 1.27. The Bertz CT molecular complexity index is 592. The SMILES string of the molecule is CCn1nc(C)c(Br)c1CC(N)CSc1ccc(C)cc1. The van der Waals surface area contributed by atoms with E-state index in [4.69, 9.17) is 5.73 Å². The summed E-state index contributed by atoms with van der Waals surface area (Å²) in [5.74, 6) is 0.906. The number of aryl methyl sites for hydroxylation is 3. The van der Waals surface area contributed by atoms with E-state index in [0.717, 1.165) is 28.9 Å². The number of nitrogens with zero attached hydrogens (tertiary/aromatic N) is 2. The average Bonchev–Trinajstić information content (AvgIpc) is 2.74. The topological polar surface area (TPSA) is 43.8 Å². The van der Waals surface area contributed by atoms with Gasteiger partial charge in [-0.2, -0.15) is 5.10 Å². The first-order chi connectivity index (χ1) is 10.0. The van der Waals surface area contributed by atoms with E-state index < -0.39 is 0 Å². The fourth-order valence-corrected chi connectivity index (χ4v) is 3.51. The number of hydrogen-bond donors (Lipinski definition) is 1. The first kappa shape index (κ1) is 16.6. The predicted molar refractivity (Wildman–Crippen MR) is 93.9 cm³/mol. The summed E-state index contributed by atoms with van der Waals surface area (Å²) in [5.41, 5.74) is 9.82. The van der Waals surface area contributed by atoms with Gasteiger partial charge in [-0.05, 0) is 48.8 Å². The Labute approximate surface area is 139 Å². The molecule has 0 fully saturated rings. The van der Waals surface area contributed by atoms with Crippen LogP contribution in [0.1, 0.15) is 23.9 Å².